The van der Waals surface area contributed by atoms with Gasteiger partial charge in [0.25, 0.3) is 5.56 Å². The number of fused-ring (bicyclic) bond motifs is 1. The summed E-state index contributed by atoms with van der Waals surface area (Å²) in [5.74, 6) is 1.44. The fourth-order valence-electron chi connectivity index (χ4n) is 4.10. The van der Waals surface area contributed by atoms with Gasteiger partial charge in [-0.3, -0.25) is 8.75 Å². The molecule has 0 N–H and O–H groups in total. The molecule has 1 aromatic heterocycles. The lowest BCUT2D eigenvalue weighted by atomic mass is 10.2. The molecular formula is C25H29NO6S. The van der Waals surface area contributed by atoms with Crippen LogP contribution in [0.4, 0.5) is 0 Å². The van der Waals surface area contributed by atoms with Crippen molar-refractivity contribution in [2.24, 2.45) is 0 Å². The van der Waals surface area contributed by atoms with E-state index in [4.69, 9.17) is 18.9 Å². The monoisotopic (exact) mass is 471 g/mol. The molecule has 1 fully saturated rings. The van der Waals surface area contributed by atoms with Gasteiger partial charge in [0, 0.05) is 6.04 Å². The predicted octanol–water partition coefficient (Wildman–Crippen LogP) is 5.21. The summed E-state index contributed by atoms with van der Waals surface area (Å²) in [6.45, 7) is 1.06. The maximum atomic E-state index is 12.7. The first kappa shape index (κ1) is 23.2. The van der Waals surface area contributed by atoms with E-state index in [0.29, 0.717) is 36.3 Å². The highest BCUT2D eigenvalue weighted by Crippen LogP contribution is 2.33. The number of methoxy groups -OCH3 is 2. The average Bonchev–Trinajstić information content (AvgIpc) is 3.48. The van der Waals surface area contributed by atoms with Crippen LogP contribution in [-0.4, -0.2) is 37.4 Å². The molecule has 0 spiro atoms. The molecule has 0 atom stereocenters. The molecule has 176 valence electrons. The zero-order chi connectivity index (χ0) is 23.2. The van der Waals surface area contributed by atoms with Gasteiger partial charge in [0.15, 0.2) is 11.5 Å². The Labute approximate surface area is 197 Å². The molecule has 4 rings (SSSR count). The second-order valence-electron chi connectivity index (χ2n) is 8.08. The third-order valence-electron chi connectivity index (χ3n) is 5.89. The molecule has 7 nitrogen and oxygen atoms in total. The van der Waals surface area contributed by atoms with Crippen LogP contribution in [-0.2, 0) is 4.74 Å². The van der Waals surface area contributed by atoms with Crippen molar-refractivity contribution < 1.29 is 23.7 Å². The van der Waals surface area contributed by atoms with Gasteiger partial charge in [0.1, 0.15) is 5.75 Å². The summed E-state index contributed by atoms with van der Waals surface area (Å²) in [4.78, 5) is 24.3. The number of hydrogen-bond donors (Lipinski definition) is 0. The summed E-state index contributed by atoms with van der Waals surface area (Å²) in [7, 11) is 2.88. The lowest BCUT2D eigenvalue weighted by Crippen LogP contribution is -2.16. The molecule has 0 saturated heterocycles. The lowest BCUT2D eigenvalue weighted by molar-refractivity contribution is 0.0600. The number of aromatic nitrogens is 1. The Hall–Kier alpha value is -3.00. The molecule has 8 heteroatoms. The molecule has 0 amide bonds. The zero-order valence-corrected chi connectivity index (χ0v) is 19.8. The average molecular weight is 472 g/mol. The van der Waals surface area contributed by atoms with E-state index in [9.17, 15) is 9.59 Å². The van der Waals surface area contributed by atoms with Gasteiger partial charge in [-0.05, 0) is 62.1 Å². The Bertz CT molecular complexity index is 1160. The van der Waals surface area contributed by atoms with E-state index >= 15 is 0 Å². The van der Waals surface area contributed by atoms with Crippen molar-refractivity contribution in [2.75, 3.05) is 27.4 Å². The van der Waals surface area contributed by atoms with Crippen LogP contribution in [0.25, 0.3) is 10.1 Å². The molecule has 0 unspecified atom stereocenters. The summed E-state index contributed by atoms with van der Waals surface area (Å²) in [6, 6.07) is 11.0. The molecule has 1 saturated carbocycles. The van der Waals surface area contributed by atoms with E-state index in [1.54, 1.807) is 29.7 Å². The summed E-state index contributed by atoms with van der Waals surface area (Å²) in [5, 5.41) is 0.778. The smallest absolute Gasteiger partial charge is 0.337 e. The molecule has 1 aliphatic carbocycles. The summed E-state index contributed by atoms with van der Waals surface area (Å²) < 4.78 is 24.7. The summed E-state index contributed by atoms with van der Waals surface area (Å²) in [6.07, 6.45) is 6.22. The lowest BCUT2D eigenvalue weighted by Gasteiger charge is -2.12. The largest absolute Gasteiger partial charge is 0.494 e. The Morgan fingerprint density at radius 2 is 1.76 bits per heavy atom. The SMILES string of the molecule is COC(=O)c1ccc(OCCCCOc2ccc3c(=O)n(C4CCCC4)sc3c2)c(OC)c1. The molecule has 33 heavy (non-hydrogen) atoms. The Balaban J connectivity index is 1.25. The molecule has 2 aromatic carbocycles. The van der Waals surface area contributed by atoms with Crippen LogP contribution in [0.15, 0.2) is 41.2 Å². The molecule has 0 aliphatic heterocycles. The first-order valence-electron chi connectivity index (χ1n) is 11.3. The van der Waals surface area contributed by atoms with E-state index in [1.165, 1.54) is 27.1 Å². The first-order chi connectivity index (χ1) is 16.1. The van der Waals surface area contributed by atoms with Gasteiger partial charge >= 0.3 is 5.97 Å². The standard InChI is InChI=1S/C25H29NO6S/c1-29-22-15-17(25(28)30-2)9-12-21(22)32-14-6-5-13-31-19-10-11-20-23(16-19)33-26(24(20)27)18-7-3-4-8-18/h9-12,15-16,18H,3-8,13-14H2,1-2H3. The fraction of sp³-hybridized carbons (Fsp3) is 0.440. The number of unbranched alkanes of at least 4 members (excludes halogenated alkanes) is 1. The van der Waals surface area contributed by atoms with Crippen LogP contribution >= 0.6 is 11.5 Å². The second kappa shape index (κ2) is 10.7. The molecule has 1 heterocycles. The van der Waals surface area contributed by atoms with Crippen LogP contribution in [0.5, 0.6) is 17.2 Å². The number of nitrogens with zero attached hydrogens (tertiary/aromatic N) is 1. The van der Waals surface area contributed by atoms with Crippen molar-refractivity contribution in [2.45, 2.75) is 44.6 Å². The highest BCUT2D eigenvalue weighted by molar-refractivity contribution is 7.13. The Kier molecular flexibility index (Phi) is 7.54. The van der Waals surface area contributed by atoms with Crippen LogP contribution in [0.2, 0.25) is 0 Å². The number of benzene rings is 2. The van der Waals surface area contributed by atoms with E-state index in [1.807, 2.05) is 22.2 Å². The summed E-state index contributed by atoms with van der Waals surface area (Å²) in [5.41, 5.74) is 0.538. The van der Waals surface area contributed by atoms with Crippen molar-refractivity contribution in [1.82, 2.24) is 3.96 Å². The third kappa shape index (κ3) is 5.33. The maximum absolute atomic E-state index is 12.7. The second-order valence-corrected chi connectivity index (χ2v) is 9.10. The van der Waals surface area contributed by atoms with Crippen molar-refractivity contribution in [3.63, 3.8) is 0 Å². The van der Waals surface area contributed by atoms with Crippen molar-refractivity contribution in [1.29, 1.82) is 0 Å². The van der Waals surface area contributed by atoms with Crippen LogP contribution in [0.1, 0.15) is 54.9 Å². The van der Waals surface area contributed by atoms with Gasteiger partial charge in [-0.15, -0.1) is 0 Å². The number of carbonyl (C=O) groups excluding carboxylic acids is 1. The first-order valence-corrected chi connectivity index (χ1v) is 12.1. The van der Waals surface area contributed by atoms with Crippen molar-refractivity contribution in [3.05, 3.63) is 52.3 Å². The third-order valence-corrected chi connectivity index (χ3v) is 7.08. The molecule has 0 radical (unpaired) electrons. The normalized spacial score (nSPS) is 13.9. The van der Waals surface area contributed by atoms with E-state index in [-0.39, 0.29) is 5.56 Å². The van der Waals surface area contributed by atoms with Crippen molar-refractivity contribution >= 4 is 27.6 Å². The van der Waals surface area contributed by atoms with Crippen LogP contribution < -0.4 is 19.8 Å². The zero-order valence-electron chi connectivity index (χ0n) is 19.0. The van der Waals surface area contributed by atoms with E-state index in [0.717, 1.165) is 41.5 Å². The number of rotatable bonds is 10. The van der Waals surface area contributed by atoms with Gasteiger partial charge < -0.3 is 18.9 Å². The summed E-state index contributed by atoms with van der Waals surface area (Å²) >= 11 is 1.55. The molecule has 3 aromatic rings. The number of carbonyl (C=O) groups is 1. The predicted molar refractivity (Wildman–Crippen MR) is 128 cm³/mol. The van der Waals surface area contributed by atoms with Gasteiger partial charge in [-0.1, -0.05) is 24.4 Å². The molecule has 0 bridgehead atoms. The Morgan fingerprint density at radius 3 is 2.48 bits per heavy atom. The highest BCUT2D eigenvalue weighted by Gasteiger charge is 2.21. The van der Waals surface area contributed by atoms with Crippen LogP contribution in [0.3, 0.4) is 0 Å². The minimum absolute atomic E-state index is 0.126. The topological polar surface area (TPSA) is 76.0 Å². The molecule has 1 aliphatic rings. The Morgan fingerprint density at radius 1 is 1.00 bits per heavy atom. The highest BCUT2D eigenvalue weighted by atomic mass is 32.1. The minimum Gasteiger partial charge on any atom is -0.494 e. The minimum atomic E-state index is -0.419. The fourth-order valence-corrected chi connectivity index (χ4v) is 5.27. The quantitative estimate of drug-likeness (QED) is 0.298. The number of esters is 1. The van der Waals surface area contributed by atoms with E-state index < -0.39 is 5.97 Å². The van der Waals surface area contributed by atoms with Gasteiger partial charge in [-0.25, -0.2) is 4.79 Å². The maximum Gasteiger partial charge on any atom is 0.337 e. The van der Waals surface area contributed by atoms with Gasteiger partial charge in [-0.2, -0.15) is 0 Å². The molecular weight excluding hydrogens is 442 g/mol. The number of ether oxygens (including phenoxy) is 4. The number of hydrogen-bond acceptors (Lipinski definition) is 7. The van der Waals surface area contributed by atoms with E-state index in [2.05, 4.69) is 0 Å². The van der Waals surface area contributed by atoms with Crippen LogP contribution in [0, 0.1) is 0 Å². The van der Waals surface area contributed by atoms with Gasteiger partial charge in [0.2, 0.25) is 0 Å². The van der Waals surface area contributed by atoms with Crippen molar-refractivity contribution in [3.8, 4) is 17.2 Å². The van der Waals surface area contributed by atoms with Gasteiger partial charge in [0.05, 0.1) is 43.1 Å².